The highest BCUT2D eigenvalue weighted by atomic mass is 35.5. The third kappa shape index (κ3) is 3.28. The van der Waals surface area contributed by atoms with Gasteiger partial charge in [0.25, 0.3) is 0 Å². The molecule has 0 saturated heterocycles. The second kappa shape index (κ2) is 4.29. The molecular formula is C7H6ClF3N2S. The van der Waals surface area contributed by atoms with Crippen LogP contribution in [0.1, 0.15) is 0 Å². The van der Waals surface area contributed by atoms with E-state index in [9.17, 15) is 13.2 Å². The first-order chi connectivity index (χ1) is 6.42. The molecule has 0 unspecified atom stereocenters. The minimum absolute atomic E-state index is 0.00981. The van der Waals surface area contributed by atoms with Crippen LogP contribution in [0.25, 0.3) is 0 Å². The largest absolute Gasteiger partial charge is 0.446 e. The predicted octanol–water partition coefficient (Wildman–Crippen LogP) is 3.24. The van der Waals surface area contributed by atoms with Crippen molar-refractivity contribution in [2.75, 3.05) is 5.43 Å². The first kappa shape index (κ1) is 11.5. The summed E-state index contributed by atoms with van der Waals surface area (Å²) in [6.45, 7) is 0. The number of nitrogens with one attached hydrogen (secondary N) is 1. The molecule has 0 spiro atoms. The average molecular weight is 243 g/mol. The third-order valence-corrected chi connectivity index (χ3v) is 2.37. The summed E-state index contributed by atoms with van der Waals surface area (Å²) in [4.78, 5) is -0.00981. The number of nitrogen functional groups attached to an aromatic ring is 1. The molecular weight excluding hydrogens is 237 g/mol. The van der Waals surface area contributed by atoms with Gasteiger partial charge in [-0.05, 0) is 30.0 Å². The molecule has 78 valence electrons. The van der Waals surface area contributed by atoms with Crippen molar-refractivity contribution in [3.8, 4) is 0 Å². The summed E-state index contributed by atoms with van der Waals surface area (Å²) >= 11 is 5.34. The highest BCUT2D eigenvalue weighted by molar-refractivity contribution is 8.00. The minimum Gasteiger partial charge on any atom is -0.323 e. The Labute approximate surface area is 87.6 Å². The molecule has 0 atom stereocenters. The zero-order chi connectivity index (χ0) is 10.8. The molecule has 7 heteroatoms. The number of hydrogen-bond acceptors (Lipinski definition) is 3. The van der Waals surface area contributed by atoms with E-state index in [0.717, 1.165) is 0 Å². The lowest BCUT2D eigenvalue weighted by Gasteiger charge is -2.10. The monoisotopic (exact) mass is 242 g/mol. The third-order valence-electron chi connectivity index (χ3n) is 1.32. The van der Waals surface area contributed by atoms with E-state index in [0.29, 0.717) is 5.02 Å². The molecule has 0 bridgehead atoms. The Morgan fingerprint density at radius 1 is 1.36 bits per heavy atom. The molecule has 0 amide bonds. The van der Waals surface area contributed by atoms with E-state index >= 15 is 0 Å². The van der Waals surface area contributed by atoms with Crippen molar-refractivity contribution in [1.29, 1.82) is 0 Å². The number of hydrogen-bond donors (Lipinski definition) is 2. The van der Waals surface area contributed by atoms with Gasteiger partial charge in [-0.25, -0.2) is 0 Å². The lowest BCUT2D eigenvalue weighted by molar-refractivity contribution is -0.0327. The number of alkyl halides is 3. The van der Waals surface area contributed by atoms with Gasteiger partial charge in [0, 0.05) is 9.92 Å². The molecule has 0 fully saturated rings. The van der Waals surface area contributed by atoms with Crippen LogP contribution in [0.3, 0.4) is 0 Å². The summed E-state index contributed by atoms with van der Waals surface area (Å²) in [6.07, 6.45) is 0. The van der Waals surface area contributed by atoms with E-state index < -0.39 is 5.51 Å². The van der Waals surface area contributed by atoms with Gasteiger partial charge in [0.15, 0.2) is 0 Å². The van der Waals surface area contributed by atoms with Gasteiger partial charge in [0.05, 0.1) is 5.69 Å². The molecule has 1 aromatic carbocycles. The van der Waals surface area contributed by atoms with E-state index in [1.807, 2.05) is 0 Å². The van der Waals surface area contributed by atoms with Gasteiger partial charge < -0.3 is 5.43 Å². The molecule has 3 N–H and O–H groups in total. The fourth-order valence-electron chi connectivity index (χ4n) is 0.829. The topological polar surface area (TPSA) is 38.0 Å². The van der Waals surface area contributed by atoms with Crippen LogP contribution in [0.2, 0.25) is 5.02 Å². The lowest BCUT2D eigenvalue weighted by Crippen LogP contribution is -2.09. The van der Waals surface area contributed by atoms with Crippen molar-refractivity contribution in [3.05, 3.63) is 23.2 Å². The maximum absolute atomic E-state index is 12.0. The summed E-state index contributed by atoms with van der Waals surface area (Å²) < 4.78 is 36.1. The maximum Gasteiger partial charge on any atom is 0.446 e. The Hall–Kier alpha value is -0.590. The number of hydrazine groups is 1. The maximum atomic E-state index is 12.0. The fourth-order valence-corrected chi connectivity index (χ4v) is 1.61. The lowest BCUT2D eigenvalue weighted by atomic mass is 10.3. The van der Waals surface area contributed by atoms with Gasteiger partial charge in [-0.1, -0.05) is 11.6 Å². The predicted molar refractivity (Wildman–Crippen MR) is 51.2 cm³/mol. The molecule has 14 heavy (non-hydrogen) atoms. The van der Waals surface area contributed by atoms with E-state index in [-0.39, 0.29) is 22.3 Å². The Morgan fingerprint density at radius 3 is 2.50 bits per heavy atom. The molecule has 1 aromatic rings. The van der Waals surface area contributed by atoms with Crippen LogP contribution in [0.15, 0.2) is 23.1 Å². The van der Waals surface area contributed by atoms with Crippen LogP contribution in [-0.2, 0) is 0 Å². The smallest absolute Gasteiger partial charge is 0.323 e. The van der Waals surface area contributed by atoms with E-state index in [1.165, 1.54) is 18.2 Å². The molecule has 1 rings (SSSR count). The summed E-state index contributed by atoms with van der Waals surface area (Å²) in [5.74, 6) is 5.05. The molecule has 0 aromatic heterocycles. The normalized spacial score (nSPS) is 11.5. The van der Waals surface area contributed by atoms with E-state index in [1.54, 1.807) is 0 Å². The van der Waals surface area contributed by atoms with Crippen LogP contribution < -0.4 is 11.3 Å². The Balaban J connectivity index is 2.97. The first-order valence-corrected chi connectivity index (χ1v) is 4.64. The van der Waals surface area contributed by atoms with Crippen LogP contribution >= 0.6 is 23.4 Å². The van der Waals surface area contributed by atoms with Crippen molar-refractivity contribution in [3.63, 3.8) is 0 Å². The van der Waals surface area contributed by atoms with Gasteiger partial charge in [-0.2, -0.15) is 13.2 Å². The van der Waals surface area contributed by atoms with E-state index in [4.69, 9.17) is 17.4 Å². The second-order valence-corrected chi connectivity index (χ2v) is 3.88. The number of thioether (sulfide) groups is 1. The molecule has 2 nitrogen and oxygen atoms in total. The Morgan fingerprint density at radius 2 is 2.00 bits per heavy atom. The highest BCUT2D eigenvalue weighted by Gasteiger charge is 2.30. The standard InChI is InChI=1S/C7H6ClF3N2S/c8-4-1-2-6(5(3-4)13-12)14-7(9,10)11/h1-3,13H,12H2. The second-order valence-electron chi connectivity index (χ2n) is 2.33. The van der Waals surface area contributed by atoms with Crippen molar-refractivity contribution in [1.82, 2.24) is 0 Å². The molecule has 0 aliphatic rings. The Bertz CT molecular complexity index is 329. The van der Waals surface area contributed by atoms with Gasteiger partial charge in [-0.3, -0.25) is 5.84 Å². The highest BCUT2D eigenvalue weighted by Crippen LogP contribution is 2.40. The summed E-state index contributed by atoms with van der Waals surface area (Å²) in [6, 6.07) is 3.96. The molecule has 0 radical (unpaired) electrons. The van der Waals surface area contributed by atoms with Gasteiger partial charge in [0.1, 0.15) is 0 Å². The number of nitrogens with two attached hydrogens (primary N) is 1. The summed E-state index contributed by atoms with van der Waals surface area (Å²) in [5.41, 5.74) is -2.03. The molecule has 0 aliphatic carbocycles. The quantitative estimate of drug-likeness (QED) is 0.475. The van der Waals surface area contributed by atoms with E-state index in [2.05, 4.69) is 5.43 Å². The van der Waals surface area contributed by atoms with Crippen molar-refractivity contribution in [2.24, 2.45) is 5.84 Å². The van der Waals surface area contributed by atoms with Gasteiger partial charge in [-0.15, -0.1) is 0 Å². The van der Waals surface area contributed by atoms with Crippen molar-refractivity contribution >= 4 is 29.1 Å². The van der Waals surface area contributed by atoms with Crippen LogP contribution in [0, 0.1) is 0 Å². The molecule has 0 heterocycles. The van der Waals surface area contributed by atoms with Gasteiger partial charge in [0.2, 0.25) is 0 Å². The van der Waals surface area contributed by atoms with Crippen LogP contribution in [0.4, 0.5) is 18.9 Å². The summed E-state index contributed by atoms with van der Waals surface area (Å²) in [7, 11) is 0. The number of benzene rings is 1. The van der Waals surface area contributed by atoms with Gasteiger partial charge >= 0.3 is 5.51 Å². The number of halogens is 4. The first-order valence-electron chi connectivity index (χ1n) is 3.44. The number of anilines is 1. The number of rotatable bonds is 2. The van der Waals surface area contributed by atoms with Crippen LogP contribution in [0.5, 0.6) is 0 Å². The zero-order valence-electron chi connectivity index (χ0n) is 6.73. The SMILES string of the molecule is NNc1cc(Cl)ccc1SC(F)(F)F. The van der Waals surface area contributed by atoms with Crippen LogP contribution in [-0.4, -0.2) is 5.51 Å². The minimum atomic E-state index is -4.33. The molecule has 0 saturated carbocycles. The molecule has 0 aliphatic heterocycles. The summed E-state index contributed by atoms with van der Waals surface area (Å²) in [5, 5.41) is 0.324. The Kier molecular flexibility index (Phi) is 3.52. The van der Waals surface area contributed by atoms with Crippen molar-refractivity contribution in [2.45, 2.75) is 10.4 Å². The fraction of sp³-hybridized carbons (Fsp3) is 0.143. The average Bonchev–Trinajstić information content (AvgIpc) is 2.06. The van der Waals surface area contributed by atoms with Crippen molar-refractivity contribution < 1.29 is 13.2 Å². The zero-order valence-corrected chi connectivity index (χ0v) is 8.30.